The number of amides is 2. The van der Waals surface area contributed by atoms with Crippen molar-refractivity contribution in [1.82, 2.24) is 15.1 Å². The molecule has 0 aromatic heterocycles. The van der Waals surface area contributed by atoms with Crippen molar-refractivity contribution < 1.29 is 14.3 Å². The van der Waals surface area contributed by atoms with Crippen LogP contribution in [0.2, 0.25) is 0 Å². The van der Waals surface area contributed by atoms with E-state index in [4.69, 9.17) is 4.74 Å². The van der Waals surface area contributed by atoms with Crippen LogP contribution in [-0.4, -0.2) is 74.1 Å². The predicted molar refractivity (Wildman–Crippen MR) is 82.5 cm³/mol. The van der Waals surface area contributed by atoms with Gasteiger partial charge in [-0.15, -0.1) is 12.4 Å². The molecule has 0 aliphatic carbocycles. The second-order valence-corrected chi connectivity index (χ2v) is 5.50. The third-order valence-electron chi connectivity index (χ3n) is 4.06. The monoisotopic (exact) mass is 319 g/mol. The third-order valence-corrected chi connectivity index (χ3v) is 4.06. The maximum Gasteiger partial charge on any atom is 0.236 e. The quantitative estimate of drug-likeness (QED) is 0.738. The molecule has 2 aliphatic rings. The summed E-state index contributed by atoms with van der Waals surface area (Å²) in [7, 11) is 1.65. The Morgan fingerprint density at radius 2 is 2.24 bits per heavy atom. The average molecular weight is 320 g/mol. The van der Waals surface area contributed by atoms with Gasteiger partial charge in [0.1, 0.15) is 0 Å². The van der Waals surface area contributed by atoms with Crippen LogP contribution in [0, 0.1) is 0 Å². The fourth-order valence-electron chi connectivity index (χ4n) is 2.97. The second kappa shape index (κ2) is 9.23. The van der Waals surface area contributed by atoms with E-state index in [-0.39, 0.29) is 30.3 Å². The van der Waals surface area contributed by atoms with Crippen LogP contribution in [-0.2, 0) is 14.3 Å². The molecule has 7 heteroatoms. The highest BCUT2D eigenvalue weighted by atomic mass is 35.5. The summed E-state index contributed by atoms with van der Waals surface area (Å²) < 4.78 is 4.98. The molecule has 0 aromatic carbocycles. The number of piperidine rings is 1. The number of piperazine rings is 1. The van der Waals surface area contributed by atoms with Crippen molar-refractivity contribution in [2.75, 3.05) is 46.4 Å². The van der Waals surface area contributed by atoms with E-state index >= 15 is 0 Å². The first-order valence-corrected chi connectivity index (χ1v) is 7.49. The molecular formula is C14H26ClN3O3. The summed E-state index contributed by atoms with van der Waals surface area (Å²) in [6, 6.07) is 0.199. The molecule has 1 atom stereocenters. The number of hydrogen-bond acceptors (Lipinski definition) is 4. The number of likely N-dealkylation sites (tertiary alicyclic amines) is 1. The summed E-state index contributed by atoms with van der Waals surface area (Å²) in [6.07, 6.45) is 3.30. The third kappa shape index (κ3) is 5.13. The zero-order valence-electron chi connectivity index (χ0n) is 12.7. The Bertz CT molecular complexity index is 354. The number of rotatable bonds is 5. The Morgan fingerprint density at radius 3 is 2.95 bits per heavy atom. The maximum atomic E-state index is 12.1. The Kier molecular flexibility index (Phi) is 8.00. The van der Waals surface area contributed by atoms with E-state index in [0.29, 0.717) is 26.1 Å². The molecule has 2 heterocycles. The summed E-state index contributed by atoms with van der Waals surface area (Å²) in [4.78, 5) is 27.9. The molecule has 21 heavy (non-hydrogen) atoms. The molecule has 0 spiro atoms. The van der Waals surface area contributed by atoms with Crippen LogP contribution in [0.1, 0.15) is 25.7 Å². The fraction of sp³-hybridized carbons (Fsp3) is 0.857. The van der Waals surface area contributed by atoms with Gasteiger partial charge in [-0.1, -0.05) is 0 Å². The van der Waals surface area contributed by atoms with E-state index in [1.807, 2.05) is 9.80 Å². The van der Waals surface area contributed by atoms with Gasteiger partial charge >= 0.3 is 0 Å². The van der Waals surface area contributed by atoms with Crippen molar-refractivity contribution >= 4 is 24.2 Å². The van der Waals surface area contributed by atoms with Crippen molar-refractivity contribution in [3.05, 3.63) is 0 Å². The van der Waals surface area contributed by atoms with Crippen LogP contribution in [0.15, 0.2) is 0 Å². The molecule has 1 N–H and O–H groups in total. The Hall–Kier alpha value is -0.850. The van der Waals surface area contributed by atoms with Gasteiger partial charge in [0.15, 0.2) is 0 Å². The van der Waals surface area contributed by atoms with E-state index in [9.17, 15) is 9.59 Å². The van der Waals surface area contributed by atoms with Crippen molar-refractivity contribution in [1.29, 1.82) is 0 Å². The molecule has 0 radical (unpaired) electrons. The van der Waals surface area contributed by atoms with Crippen LogP contribution in [0.3, 0.4) is 0 Å². The standard InChI is InChI=1S/C14H25N3O3.ClH/c1-20-9-3-5-13(18)16-7-2-4-12(11-16)17-8-6-15-10-14(17)19;/h12,15H,2-11H2,1H3;1H. The lowest BCUT2D eigenvalue weighted by Crippen LogP contribution is -2.57. The molecule has 0 aromatic rings. The Morgan fingerprint density at radius 1 is 1.43 bits per heavy atom. The lowest BCUT2D eigenvalue weighted by atomic mass is 10.0. The highest BCUT2D eigenvalue weighted by Gasteiger charge is 2.31. The van der Waals surface area contributed by atoms with Crippen molar-refractivity contribution in [2.24, 2.45) is 0 Å². The van der Waals surface area contributed by atoms with E-state index < -0.39 is 0 Å². The number of ether oxygens (including phenoxy) is 1. The van der Waals surface area contributed by atoms with Gasteiger partial charge in [0.25, 0.3) is 0 Å². The highest BCUT2D eigenvalue weighted by Crippen LogP contribution is 2.18. The van der Waals surface area contributed by atoms with Gasteiger partial charge in [-0.25, -0.2) is 0 Å². The first kappa shape index (κ1) is 18.2. The van der Waals surface area contributed by atoms with Crippen LogP contribution in [0.4, 0.5) is 0 Å². The number of halogens is 1. The van der Waals surface area contributed by atoms with Gasteiger partial charge in [0, 0.05) is 52.4 Å². The van der Waals surface area contributed by atoms with Crippen LogP contribution >= 0.6 is 12.4 Å². The zero-order chi connectivity index (χ0) is 14.4. The van der Waals surface area contributed by atoms with Gasteiger partial charge in [-0.05, 0) is 19.3 Å². The van der Waals surface area contributed by atoms with Gasteiger partial charge in [0.2, 0.25) is 11.8 Å². The van der Waals surface area contributed by atoms with Gasteiger partial charge in [0.05, 0.1) is 6.54 Å². The van der Waals surface area contributed by atoms with Crippen molar-refractivity contribution in [3.8, 4) is 0 Å². The minimum absolute atomic E-state index is 0. The van der Waals surface area contributed by atoms with Crippen molar-refractivity contribution in [2.45, 2.75) is 31.7 Å². The van der Waals surface area contributed by atoms with Crippen LogP contribution in [0.5, 0.6) is 0 Å². The van der Waals surface area contributed by atoms with Gasteiger partial charge in [-0.3, -0.25) is 9.59 Å². The normalized spacial score (nSPS) is 22.9. The number of carbonyl (C=O) groups excluding carboxylic acids is 2. The van der Waals surface area contributed by atoms with Crippen LogP contribution in [0.25, 0.3) is 0 Å². The minimum Gasteiger partial charge on any atom is -0.385 e. The summed E-state index contributed by atoms with van der Waals surface area (Å²) in [5.41, 5.74) is 0. The lowest BCUT2D eigenvalue weighted by molar-refractivity contribution is -0.140. The summed E-state index contributed by atoms with van der Waals surface area (Å²) in [5.74, 6) is 0.351. The smallest absolute Gasteiger partial charge is 0.236 e. The lowest BCUT2D eigenvalue weighted by Gasteiger charge is -2.41. The molecule has 122 valence electrons. The van der Waals surface area contributed by atoms with Crippen molar-refractivity contribution in [3.63, 3.8) is 0 Å². The number of hydrogen-bond donors (Lipinski definition) is 1. The fourth-order valence-corrected chi connectivity index (χ4v) is 2.97. The molecule has 6 nitrogen and oxygen atoms in total. The van der Waals surface area contributed by atoms with E-state index in [1.165, 1.54) is 0 Å². The van der Waals surface area contributed by atoms with Crippen LogP contribution < -0.4 is 5.32 Å². The maximum absolute atomic E-state index is 12.1. The molecule has 0 saturated carbocycles. The average Bonchev–Trinajstić information content (AvgIpc) is 2.48. The summed E-state index contributed by atoms with van der Waals surface area (Å²) in [5, 5.41) is 3.09. The van der Waals surface area contributed by atoms with E-state index in [2.05, 4.69) is 5.32 Å². The molecule has 1 unspecified atom stereocenters. The Labute approximate surface area is 132 Å². The summed E-state index contributed by atoms with van der Waals surface area (Å²) >= 11 is 0. The molecule has 0 bridgehead atoms. The van der Waals surface area contributed by atoms with Gasteiger partial charge < -0.3 is 19.9 Å². The summed E-state index contributed by atoms with van der Waals surface area (Å²) in [6.45, 7) is 4.18. The number of carbonyl (C=O) groups is 2. The van der Waals surface area contributed by atoms with E-state index in [1.54, 1.807) is 7.11 Å². The molecule has 2 rings (SSSR count). The second-order valence-electron chi connectivity index (χ2n) is 5.50. The first-order chi connectivity index (χ1) is 9.72. The number of nitrogens with one attached hydrogen (secondary N) is 1. The molecule has 2 amide bonds. The minimum atomic E-state index is 0. The predicted octanol–water partition coefficient (Wildman–Crippen LogP) is 0.258. The van der Waals surface area contributed by atoms with E-state index in [0.717, 1.165) is 38.9 Å². The SMILES string of the molecule is COCCCC(=O)N1CCCC(N2CCNCC2=O)C1.Cl. The topological polar surface area (TPSA) is 61.9 Å². The number of methoxy groups -OCH3 is 1. The largest absolute Gasteiger partial charge is 0.385 e. The molecule has 2 fully saturated rings. The highest BCUT2D eigenvalue weighted by molar-refractivity contribution is 5.85. The molecule has 2 aliphatic heterocycles. The molecule has 2 saturated heterocycles. The number of nitrogens with zero attached hydrogens (tertiary/aromatic N) is 2. The zero-order valence-corrected chi connectivity index (χ0v) is 13.5. The Balaban J connectivity index is 0.00000220. The molecular weight excluding hydrogens is 294 g/mol. The van der Waals surface area contributed by atoms with Gasteiger partial charge in [-0.2, -0.15) is 0 Å². The first-order valence-electron chi connectivity index (χ1n) is 7.49.